The van der Waals surface area contributed by atoms with Gasteiger partial charge in [-0.15, -0.1) is 0 Å². The van der Waals surface area contributed by atoms with Gasteiger partial charge < -0.3 is 10.1 Å². The number of carbonyl (C=O) groups is 1. The van der Waals surface area contributed by atoms with Crippen molar-refractivity contribution < 1.29 is 22.7 Å². The Balaban J connectivity index is 2.04. The molecule has 0 aromatic heterocycles. The van der Waals surface area contributed by atoms with Crippen molar-refractivity contribution in [2.24, 2.45) is 5.92 Å². The second-order valence-corrected chi connectivity index (χ2v) is 6.30. The molecule has 0 bridgehead atoms. The predicted molar refractivity (Wildman–Crippen MR) is 93.7 cm³/mol. The highest BCUT2D eigenvalue weighted by Crippen LogP contribution is 2.29. The highest BCUT2D eigenvalue weighted by Gasteiger charge is 2.30. The van der Waals surface area contributed by atoms with Crippen LogP contribution in [0.4, 0.5) is 13.2 Å². The molecule has 2 aromatic rings. The van der Waals surface area contributed by atoms with E-state index in [-0.39, 0.29) is 12.5 Å². The second kappa shape index (κ2) is 8.58. The van der Waals surface area contributed by atoms with Crippen molar-refractivity contribution in [3.8, 4) is 11.8 Å². The van der Waals surface area contributed by atoms with Crippen molar-refractivity contribution in [3.05, 3.63) is 65.2 Å². The number of alkyl halides is 3. The van der Waals surface area contributed by atoms with Crippen LogP contribution in [0.3, 0.4) is 0 Å². The van der Waals surface area contributed by atoms with Crippen molar-refractivity contribution in [2.75, 3.05) is 0 Å². The smallest absolute Gasteiger partial charge is 0.416 e. The molecule has 0 saturated carbocycles. The first-order valence-electron chi connectivity index (χ1n) is 8.32. The third kappa shape index (κ3) is 5.48. The van der Waals surface area contributed by atoms with E-state index in [9.17, 15) is 18.0 Å². The summed E-state index contributed by atoms with van der Waals surface area (Å²) in [5, 5.41) is 11.8. The van der Waals surface area contributed by atoms with Crippen molar-refractivity contribution >= 4 is 5.91 Å². The van der Waals surface area contributed by atoms with Gasteiger partial charge in [0.25, 0.3) is 5.91 Å². The molecule has 1 amide bonds. The summed E-state index contributed by atoms with van der Waals surface area (Å²) >= 11 is 0. The van der Waals surface area contributed by atoms with Gasteiger partial charge in [0.05, 0.1) is 11.1 Å². The van der Waals surface area contributed by atoms with Crippen molar-refractivity contribution in [1.82, 2.24) is 5.32 Å². The Kier molecular flexibility index (Phi) is 6.45. The van der Waals surface area contributed by atoms with Crippen LogP contribution in [0.25, 0.3) is 0 Å². The molecule has 4 nitrogen and oxygen atoms in total. The summed E-state index contributed by atoms with van der Waals surface area (Å²) in [5.74, 6) is -0.273. The number of hydrogen-bond acceptors (Lipinski definition) is 3. The number of halogens is 3. The fourth-order valence-corrected chi connectivity index (χ4v) is 2.39. The Morgan fingerprint density at radius 1 is 1.15 bits per heavy atom. The number of nitriles is 1. The Morgan fingerprint density at radius 2 is 1.78 bits per heavy atom. The van der Waals surface area contributed by atoms with E-state index >= 15 is 0 Å². The molecule has 1 N–H and O–H groups in total. The van der Waals surface area contributed by atoms with E-state index in [1.165, 1.54) is 12.1 Å². The number of ether oxygens (including phenoxy) is 1. The summed E-state index contributed by atoms with van der Waals surface area (Å²) in [6.07, 6.45) is -5.24. The molecule has 27 heavy (non-hydrogen) atoms. The van der Waals surface area contributed by atoms with Crippen molar-refractivity contribution in [1.29, 1.82) is 5.26 Å². The highest BCUT2D eigenvalue weighted by atomic mass is 19.4. The van der Waals surface area contributed by atoms with Gasteiger partial charge >= 0.3 is 6.18 Å². The number of hydrogen-bond donors (Lipinski definition) is 1. The van der Waals surface area contributed by atoms with E-state index in [2.05, 4.69) is 5.32 Å². The van der Waals surface area contributed by atoms with Gasteiger partial charge in [0, 0.05) is 6.54 Å². The summed E-state index contributed by atoms with van der Waals surface area (Å²) in [6, 6.07) is 13.2. The number of benzene rings is 2. The number of nitrogens with one attached hydrogen (secondary N) is 1. The van der Waals surface area contributed by atoms with E-state index < -0.39 is 23.8 Å². The number of carbonyl (C=O) groups excluding carboxylic acids is 1. The van der Waals surface area contributed by atoms with Gasteiger partial charge in [-0.3, -0.25) is 4.79 Å². The van der Waals surface area contributed by atoms with Crippen molar-refractivity contribution in [3.63, 3.8) is 0 Å². The van der Waals surface area contributed by atoms with Gasteiger partial charge in [-0.2, -0.15) is 18.4 Å². The zero-order valence-electron chi connectivity index (χ0n) is 14.9. The van der Waals surface area contributed by atoms with E-state index in [0.717, 1.165) is 12.1 Å². The molecule has 2 rings (SSSR count). The van der Waals surface area contributed by atoms with Crippen LogP contribution in [-0.4, -0.2) is 12.0 Å². The minimum absolute atomic E-state index is 0.0729. The minimum Gasteiger partial charge on any atom is -0.479 e. The standard InChI is InChI=1S/C20H19F3N2O2/c1-13(2)18(27-17-6-4-3-5-15(17)11-24)19(26)25-12-14-7-9-16(10-8-14)20(21,22)23/h3-10,13,18H,12H2,1-2H3,(H,25,26). The fourth-order valence-electron chi connectivity index (χ4n) is 2.39. The molecule has 0 saturated heterocycles. The topological polar surface area (TPSA) is 62.1 Å². The number of para-hydroxylation sites is 1. The van der Waals surface area contributed by atoms with Gasteiger partial charge in [-0.05, 0) is 35.7 Å². The molecular formula is C20H19F3N2O2. The van der Waals surface area contributed by atoms with Crippen LogP contribution in [0.2, 0.25) is 0 Å². The maximum Gasteiger partial charge on any atom is 0.416 e. The maximum atomic E-state index is 12.6. The summed E-state index contributed by atoms with van der Waals surface area (Å²) in [4.78, 5) is 12.5. The van der Waals surface area contributed by atoms with Crippen LogP contribution in [-0.2, 0) is 17.5 Å². The molecule has 0 radical (unpaired) electrons. The molecule has 0 aliphatic rings. The van der Waals surface area contributed by atoms with Crippen LogP contribution >= 0.6 is 0 Å². The molecule has 0 aliphatic carbocycles. The van der Waals surface area contributed by atoms with Crippen LogP contribution in [0.15, 0.2) is 48.5 Å². The third-order valence-corrected chi connectivity index (χ3v) is 3.87. The van der Waals surface area contributed by atoms with Crippen LogP contribution < -0.4 is 10.1 Å². The zero-order chi connectivity index (χ0) is 20.0. The molecule has 1 atom stereocenters. The summed E-state index contributed by atoms with van der Waals surface area (Å²) in [5.41, 5.74) is 0.115. The van der Waals surface area contributed by atoms with Crippen molar-refractivity contribution in [2.45, 2.75) is 32.7 Å². The van der Waals surface area contributed by atoms with Crippen LogP contribution in [0.5, 0.6) is 5.75 Å². The van der Waals surface area contributed by atoms with E-state index in [0.29, 0.717) is 16.9 Å². The largest absolute Gasteiger partial charge is 0.479 e. The number of rotatable bonds is 6. The predicted octanol–water partition coefficient (Wildman–Crippen LogP) is 4.30. The lowest BCUT2D eigenvalue weighted by Crippen LogP contribution is -2.41. The first-order chi connectivity index (χ1) is 12.7. The molecule has 142 valence electrons. The lowest BCUT2D eigenvalue weighted by molar-refractivity contribution is -0.137. The molecule has 1 unspecified atom stereocenters. The molecule has 7 heteroatoms. The molecule has 0 aliphatic heterocycles. The quantitative estimate of drug-likeness (QED) is 0.818. The normalized spacial score (nSPS) is 12.3. The summed E-state index contributed by atoms with van der Waals surface area (Å²) < 4.78 is 43.5. The van der Waals surface area contributed by atoms with Gasteiger partial charge in [-0.1, -0.05) is 38.1 Å². The Hall–Kier alpha value is -3.01. The molecule has 0 spiro atoms. The van der Waals surface area contributed by atoms with Gasteiger partial charge in [-0.25, -0.2) is 0 Å². The minimum atomic E-state index is -4.40. The summed E-state index contributed by atoms with van der Waals surface area (Å²) in [6.45, 7) is 3.68. The second-order valence-electron chi connectivity index (χ2n) is 6.30. The number of nitrogens with zero attached hydrogens (tertiary/aromatic N) is 1. The van der Waals surface area contributed by atoms with E-state index in [4.69, 9.17) is 10.00 Å². The lowest BCUT2D eigenvalue weighted by atomic mass is 10.1. The molecule has 0 heterocycles. The van der Waals surface area contributed by atoms with Gasteiger partial charge in [0.1, 0.15) is 11.8 Å². The first kappa shape index (κ1) is 20.3. The Labute approximate surface area is 155 Å². The fraction of sp³-hybridized carbons (Fsp3) is 0.300. The average Bonchev–Trinajstić information content (AvgIpc) is 2.63. The number of amides is 1. The first-order valence-corrected chi connectivity index (χ1v) is 8.32. The summed E-state index contributed by atoms with van der Waals surface area (Å²) in [7, 11) is 0. The monoisotopic (exact) mass is 376 g/mol. The lowest BCUT2D eigenvalue weighted by Gasteiger charge is -2.22. The van der Waals surface area contributed by atoms with E-state index in [1.54, 1.807) is 38.1 Å². The van der Waals surface area contributed by atoms with Gasteiger partial charge in [0.2, 0.25) is 0 Å². The van der Waals surface area contributed by atoms with Crippen LogP contribution in [0, 0.1) is 17.2 Å². The molecule has 0 fully saturated rings. The Bertz CT molecular complexity index is 824. The molecular weight excluding hydrogens is 357 g/mol. The zero-order valence-corrected chi connectivity index (χ0v) is 14.9. The third-order valence-electron chi connectivity index (χ3n) is 3.87. The Morgan fingerprint density at radius 3 is 2.33 bits per heavy atom. The maximum absolute atomic E-state index is 12.6. The SMILES string of the molecule is CC(C)C(Oc1ccccc1C#N)C(=O)NCc1ccc(C(F)(F)F)cc1. The highest BCUT2D eigenvalue weighted by molar-refractivity contribution is 5.81. The van der Waals surface area contributed by atoms with Gasteiger partial charge in [0.15, 0.2) is 6.10 Å². The van der Waals surface area contributed by atoms with Crippen LogP contribution in [0.1, 0.15) is 30.5 Å². The van der Waals surface area contributed by atoms with E-state index in [1.807, 2.05) is 6.07 Å². The average molecular weight is 376 g/mol. The molecule has 2 aromatic carbocycles.